The highest BCUT2D eigenvalue weighted by Gasteiger charge is 2.29. The van der Waals surface area contributed by atoms with Crippen LogP contribution in [0.2, 0.25) is 0 Å². The first kappa shape index (κ1) is 11.7. The number of aliphatic hydroxyl groups excluding tert-OH is 1. The van der Waals surface area contributed by atoms with Crippen LogP contribution in [0.4, 0.5) is 0 Å². The predicted molar refractivity (Wildman–Crippen MR) is 55.3 cm³/mol. The van der Waals surface area contributed by atoms with Crippen LogP contribution in [0.15, 0.2) is 12.7 Å². The van der Waals surface area contributed by atoms with E-state index < -0.39 is 10.0 Å². The van der Waals surface area contributed by atoms with Crippen LogP contribution in [0, 0.1) is 5.92 Å². The van der Waals surface area contributed by atoms with Crippen molar-refractivity contribution < 1.29 is 13.5 Å². The molecule has 1 rings (SSSR count). The van der Waals surface area contributed by atoms with Crippen molar-refractivity contribution in [3.05, 3.63) is 12.7 Å². The lowest BCUT2D eigenvalue weighted by Crippen LogP contribution is -2.39. The van der Waals surface area contributed by atoms with Gasteiger partial charge in [-0.25, -0.2) is 13.1 Å². The third kappa shape index (κ3) is 3.08. The summed E-state index contributed by atoms with van der Waals surface area (Å²) in [6, 6.07) is -0.0926. The minimum Gasteiger partial charge on any atom is -0.396 e. The molecule has 1 aliphatic rings. The molecule has 82 valence electrons. The number of sulfonamides is 1. The van der Waals surface area contributed by atoms with Crippen LogP contribution in [0.5, 0.6) is 0 Å². The van der Waals surface area contributed by atoms with Crippen LogP contribution in [-0.4, -0.2) is 31.9 Å². The van der Waals surface area contributed by atoms with Gasteiger partial charge in [0.1, 0.15) is 0 Å². The van der Waals surface area contributed by atoms with Crippen LogP contribution in [0.25, 0.3) is 0 Å². The molecule has 1 saturated carbocycles. The van der Waals surface area contributed by atoms with Gasteiger partial charge >= 0.3 is 0 Å². The van der Waals surface area contributed by atoms with Crippen LogP contribution in [-0.2, 0) is 10.0 Å². The van der Waals surface area contributed by atoms with E-state index in [1.165, 1.54) is 6.08 Å². The normalized spacial score (nSPS) is 27.8. The van der Waals surface area contributed by atoms with Crippen molar-refractivity contribution >= 4 is 10.0 Å². The Labute approximate surface area is 85.1 Å². The van der Waals surface area contributed by atoms with E-state index in [4.69, 9.17) is 5.11 Å². The number of hydrogen-bond donors (Lipinski definition) is 2. The molecule has 2 unspecified atom stereocenters. The molecular weight excluding hydrogens is 202 g/mol. The number of rotatable bonds is 5. The summed E-state index contributed by atoms with van der Waals surface area (Å²) in [4.78, 5) is 0. The largest absolute Gasteiger partial charge is 0.396 e. The number of hydrogen-bond acceptors (Lipinski definition) is 3. The fraction of sp³-hybridized carbons (Fsp3) is 0.778. The highest BCUT2D eigenvalue weighted by molar-refractivity contribution is 7.89. The first-order valence-electron chi connectivity index (χ1n) is 4.81. The zero-order valence-corrected chi connectivity index (χ0v) is 8.96. The summed E-state index contributed by atoms with van der Waals surface area (Å²) in [6.07, 6.45) is 4.07. The lowest BCUT2D eigenvalue weighted by Gasteiger charge is -2.18. The number of aliphatic hydroxyl groups is 1. The SMILES string of the molecule is C=CCS(=O)(=O)NC1CCCC1CO. The van der Waals surface area contributed by atoms with Crippen LogP contribution in [0.1, 0.15) is 19.3 Å². The summed E-state index contributed by atoms with van der Waals surface area (Å²) in [5.74, 6) is 0.0244. The van der Waals surface area contributed by atoms with Gasteiger partial charge in [-0.05, 0) is 18.8 Å². The molecule has 0 saturated heterocycles. The molecule has 0 aliphatic heterocycles. The zero-order valence-electron chi connectivity index (χ0n) is 8.15. The minimum atomic E-state index is -3.24. The molecule has 1 fully saturated rings. The van der Waals surface area contributed by atoms with Crippen molar-refractivity contribution in [2.75, 3.05) is 12.4 Å². The van der Waals surface area contributed by atoms with Gasteiger partial charge in [-0.15, -0.1) is 6.58 Å². The molecular formula is C9H17NO3S. The molecule has 0 bridgehead atoms. The van der Waals surface area contributed by atoms with E-state index in [1.54, 1.807) is 0 Å². The van der Waals surface area contributed by atoms with Gasteiger partial charge in [-0.3, -0.25) is 0 Å². The van der Waals surface area contributed by atoms with E-state index in [9.17, 15) is 8.42 Å². The van der Waals surface area contributed by atoms with Crippen molar-refractivity contribution in [2.45, 2.75) is 25.3 Å². The van der Waals surface area contributed by atoms with Gasteiger partial charge in [0.05, 0.1) is 5.75 Å². The highest BCUT2D eigenvalue weighted by Crippen LogP contribution is 2.25. The van der Waals surface area contributed by atoms with E-state index in [1.807, 2.05) is 0 Å². The van der Waals surface area contributed by atoms with Crippen LogP contribution >= 0.6 is 0 Å². The molecule has 2 atom stereocenters. The molecule has 4 nitrogen and oxygen atoms in total. The van der Waals surface area contributed by atoms with Crippen molar-refractivity contribution in [1.82, 2.24) is 4.72 Å². The zero-order chi connectivity index (χ0) is 10.6. The van der Waals surface area contributed by atoms with Gasteiger partial charge in [0.15, 0.2) is 0 Å². The summed E-state index contributed by atoms with van der Waals surface area (Å²) in [5.41, 5.74) is 0. The second-order valence-corrected chi connectivity index (χ2v) is 5.47. The average Bonchev–Trinajstić information content (AvgIpc) is 2.50. The Balaban J connectivity index is 2.55. The second-order valence-electron chi connectivity index (χ2n) is 3.67. The lowest BCUT2D eigenvalue weighted by molar-refractivity contribution is 0.213. The van der Waals surface area contributed by atoms with Gasteiger partial charge in [-0.2, -0.15) is 0 Å². The van der Waals surface area contributed by atoms with E-state index >= 15 is 0 Å². The molecule has 0 amide bonds. The average molecular weight is 219 g/mol. The molecule has 0 aromatic heterocycles. The summed E-state index contributed by atoms with van der Waals surface area (Å²) >= 11 is 0. The Morgan fingerprint density at radius 2 is 2.21 bits per heavy atom. The topological polar surface area (TPSA) is 66.4 Å². The molecule has 0 heterocycles. The molecule has 0 radical (unpaired) electrons. The summed E-state index contributed by atoms with van der Waals surface area (Å²) in [5, 5.41) is 9.01. The highest BCUT2D eigenvalue weighted by atomic mass is 32.2. The van der Waals surface area contributed by atoms with E-state index in [-0.39, 0.29) is 24.3 Å². The van der Waals surface area contributed by atoms with E-state index in [0.29, 0.717) is 0 Å². The standard InChI is InChI=1S/C9H17NO3S/c1-2-6-14(12,13)10-9-5-3-4-8(9)7-11/h2,8-11H,1,3-7H2. The second kappa shape index (κ2) is 4.91. The molecule has 1 aliphatic carbocycles. The monoisotopic (exact) mass is 219 g/mol. The molecule has 5 heteroatoms. The summed E-state index contributed by atoms with van der Waals surface area (Å²) < 4.78 is 25.4. The van der Waals surface area contributed by atoms with Crippen LogP contribution < -0.4 is 4.72 Å². The van der Waals surface area contributed by atoms with Crippen molar-refractivity contribution in [1.29, 1.82) is 0 Å². The molecule has 14 heavy (non-hydrogen) atoms. The van der Waals surface area contributed by atoms with Crippen molar-refractivity contribution in [2.24, 2.45) is 5.92 Å². The third-order valence-corrected chi connectivity index (χ3v) is 3.90. The molecule has 2 N–H and O–H groups in total. The summed E-state index contributed by atoms with van der Waals surface area (Å²) in [7, 11) is -3.24. The Morgan fingerprint density at radius 1 is 1.50 bits per heavy atom. The van der Waals surface area contributed by atoms with Crippen molar-refractivity contribution in [3.8, 4) is 0 Å². The fourth-order valence-electron chi connectivity index (χ4n) is 1.84. The van der Waals surface area contributed by atoms with E-state index in [0.717, 1.165) is 19.3 Å². The Bertz CT molecular complexity index is 286. The molecule has 0 aromatic carbocycles. The fourth-order valence-corrected chi connectivity index (χ4v) is 3.02. The van der Waals surface area contributed by atoms with Crippen molar-refractivity contribution in [3.63, 3.8) is 0 Å². The summed E-state index contributed by atoms with van der Waals surface area (Å²) in [6.45, 7) is 3.45. The Hall–Kier alpha value is -0.390. The maximum atomic E-state index is 11.4. The number of nitrogens with one attached hydrogen (secondary N) is 1. The Morgan fingerprint density at radius 3 is 2.79 bits per heavy atom. The van der Waals surface area contributed by atoms with E-state index in [2.05, 4.69) is 11.3 Å². The van der Waals surface area contributed by atoms with Gasteiger partial charge in [0.2, 0.25) is 10.0 Å². The molecule has 0 aromatic rings. The lowest BCUT2D eigenvalue weighted by atomic mass is 10.1. The first-order chi connectivity index (χ1) is 6.59. The smallest absolute Gasteiger partial charge is 0.215 e. The van der Waals surface area contributed by atoms with Gasteiger partial charge in [0.25, 0.3) is 0 Å². The van der Waals surface area contributed by atoms with Crippen LogP contribution in [0.3, 0.4) is 0 Å². The quantitative estimate of drug-likeness (QED) is 0.651. The van der Waals surface area contributed by atoms with Gasteiger partial charge in [-0.1, -0.05) is 12.5 Å². The predicted octanol–water partition coefficient (Wildman–Crippen LogP) is 0.253. The maximum Gasteiger partial charge on any atom is 0.215 e. The van der Waals surface area contributed by atoms with Gasteiger partial charge in [0, 0.05) is 12.6 Å². The molecule has 0 spiro atoms. The Kier molecular flexibility index (Phi) is 4.10. The first-order valence-corrected chi connectivity index (χ1v) is 6.46. The minimum absolute atomic E-state index is 0.0539. The van der Waals surface area contributed by atoms with Gasteiger partial charge < -0.3 is 5.11 Å². The third-order valence-electron chi connectivity index (χ3n) is 2.56. The maximum absolute atomic E-state index is 11.4.